The fraction of sp³-hybridized carbons (Fsp3) is 0.381. The largest absolute Gasteiger partial charge is 0.494 e. The molecule has 0 unspecified atom stereocenters. The summed E-state index contributed by atoms with van der Waals surface area (Å²) in [6.45, 7) is 5.00. The summed E-state index contributed by atoms with van der Waals surface area (Å²) in [5.74, 6) is 1.18. The third-order valence-electron chi connectivity index (χ3n) is 4.32. The quantitative estimate of drug-likeness (QED) is 0.494. The van der Waals surface area contributed by atoms with Crippen molar-refractivity contribution < 1.29 is 4.74 Å². The molecule has 0 amide bonds. The fourth-order valence-electron chi connectivity index (χ4n) is 2.85. The Hall–Kier alpha value is -2.47. The highest BCUT2D eigenvalue weighted by Crippen LogP contribution is 2.34. The Labute approximate surface area is 164 Å². The Morgan fingerprint density at radius 2 is 1.78 bits per heavy atom. The fourth-order valence-corrected chi connectivity index (χ4v) is 3.89. The van der Waals surface area contributed by atoms with E-state index in [-0.39, 0.29) is 5.95 Å². The van der Waals surface area contributed by atoms with Gasteiger partial charge >= 0.3 is 0 Å². The van der Waals surface area contributed by atoms with Gasteiger partial charge in [-0.25, -0.2) is 15.0 Å². The molecule has 3 aromatic rings. The van der Waals surface area contributed by atoms with Crippen LogP contribution in [0.5, 0.6) is 5.75 Å². The van der Waals surface area contributed by atoms with Crippen molar-refractivity contribution in [3.05, 3.63) is 42.2 Å². The Kier molecular flexibility index (Phi) is 6.76. The summed E-state index contributed by atoms with van der Waals surface area (Å²) >= 11 is 1.61. The normalized spacial score (nSPS) is 10.9. The van der Waals surface area contributed by atoms with Gasteiger partial charge in [0.2, 0.25) is 5.95 Å². The number of aryl methyl sites for hydroxylation is 1. The Morgan fingerprint density at radius 3 is 2.52 bits per heavy atom. The van der Waals surface area contributed by atoms with Gasteiger partial charge in [-0.05, 0) is 43.7 Å². The number of nitrogens with two attached hydrogens (primary N) is 1. The second-order valence-electron chi connectivity index (χ2n) is 6.52. The van der Waals surface area contributed by atoms with Crippen LogP contribution in [0, 0.1) is 6.92 Å². The highest BCUT2D eigenvalue weighted by molar-refractivity contribution is 7.18. The van der Waals surface area contributed by atoms with Crippen LogP contribution in [0.3, 0.4) is 0 Å². The second kappa shape index (κ2) is 9.46. The van der Waals surface area contributed by atoms with Gasteiger partial charge in [-0.2, -0.15) is 0 Å². The van der Waals surface area contributed by atoms with Crippen LogP contribution < -0.4 is 10.5 Å². The number of aromatic nitrogens is 3. The highest BCUT2D eigenvalue weighted by atomic mass is 32.1. The van der Waals surface area contributed by atoms with Gasteiger partial charge in [-0.1, -0.05) is 32.6 Å². The molecule has 27 heavy (non-hydrogen) atoms. The average Bonchev–Trinajstić information content (AvgIpc) is 3.07. The lowest BCUT2D eigenvalue weighted by Crippen LogP contribution is -1.97. The summed E-state index contributed by atoms with van der Waals surface area (Å²) < 4.78 is 5.84. The van der Waals surface area contributed by atoms with Crippen molar-refractivity contribution in [2.75, 3.05) is 12.3 Å². The van der Waals surface area contributed by atoms with Crippen molar-refractivity contribution in [3.8, 4) is 26.9 Å². The first-order valence-electron chi connectivity index (χ1n) is 9.47. The van der Waals surface area contributed by atoms with Crippen molar-refractivity contribution >= 4 is 17.3 Å². The van der Waals surface area contributed by atoms with E-state index in [0.29, 0.717) is 0 Å². The molecule has 0 fully saturated rings. The molecular formula is C21H26N4OS. The molecular weight excluding hydrogens is 356 g/mol. The Morgan fingerprint density at radius 1 is 1.00 bits per heavy atom. The maximum atomic E-state index is 5.84. The Balaban J connectivity index is 1.63. The van der Waals surface area contributed by atoms with Gasteiger partial charge < -0.3 is 10.5 Å². The van der Waals surface area contributed by atoms with Crippen LogP contribution in [0.25, 0.3) is 21.1 Å². The van der Waals surface area contributed by atoms with Gasteiger partial charge in [-0.15, -0.1) is 11.3 Å². The monoisotopic (exact) mass is 382 g/mol. The number of anilines is 1. The summed E-state index contributed by atoms with van der Waals surface area (Å²) in [6.07, 6.45) is 7.89. The zero-order chi connectivity index (χ0) is 19.1. The summed E-state index contributed by atoms with van der Waals surface area (Å²) in [5, 5.41) is 0.964. The SMILES string of the molecule is CCCCCCCOc1ccc(-c2nc(C)c(-c3ccnc(N)n3)s2)cc1. The molecule has 6 heteroatoms. The number of hydrogen-bond donors (Lipinski definition) is 1. The molecule has 142 valence electrons. The van der Waals surface area contributed by atoms with E-state index in [2.05, 4.69) is 29.0 Å². The van der Waals surface area contributed by atoms with Gasteiger partial charge in [0.1, 0.15) is 10.8 Å². The molecule has 0 aliphatic rings. The molecule has 3 rings (SSSR count). The first kappa shape index (κ1) is 19.3. The van der Waals surface area contributed by atoms with E-state index in [9.17, 15) is 0 Å². The highest BCUT2D eigenvalue weighted by Gasteiger charge is 2.13. The van der Waals surface area contributed by atoms with Gasteiger partial charge in [0.25, 0.3) is 0 Å². The molecule has 2 heterocycles. The lowest BCUT2D eigenvalue weighted by molar-refractivity contribution is 0.304. The first-order chi connectivity index (χ1) is 13.2. The van der Waals surface area contributed by atoms with Crippen molar-refractivity contribution in [2.24, 2.45) is 0 Å². The number of rotatable bonds is 9. The summed E-state index contributed by atoms with van der Waals surface area (Å²) in [5.41, 5.74) is 8.53. The molecule has 1 aromatic carbocycles. The minimum Gasteiger partial charge on any atom is -0.494 e. The number of nitrogen functional groups attached to an aromatic ring is 1. The molecule has 0 saturated carbocycles. The number of hydrogen-bond acceptors (Lipinski definition) is 6. The summed E-state index contributed by atoms with van der Waals surface area (Å²) in [7, 11) is 0. The van der Waals surface area contributed by atoms with E-state index in [1.54, 1.807) is 17.5 Å². The number of benzene rings is 1. The topological polar surface area (TPSA) is 73.9 Å². The molecule has 0 aliphatic heterocycles. The molecule has 0 radical (unpaired) electrons. The van der Waals surface area contributed by atoms with Gasteiger partial charge in [0, 0.05) is 11.8 Å². The molecule has 2 N–H and O–H groups in total. The lowest BCUT2D eigenvalue weighted by atomic mass is 10.2. The van der Waals surface area contributed by atoms with Crippen LogP contribution in [0.15, 0.2) is 36.5 Å². The molecule has 2 aromatic heterocycles. The smallest absolute Gasteiger partial charge is 0.220 e. The first-order valence-corrected chi connectivity index (χ1v) is 10.3. The standard InChI is InChI=1S/C21H26N4OS/c1-3-4-5-6-7-14-26-17-10-8-16(9-11-17)20-24-15(2)19(27-20)18-12-13-23-21(22)25-18/h8-13H,3-7,14H2,1-2H3,(H2,22,23,25). The van der Waals surface area contributed by atoms with Crippen LogP contribution in [-0.2, 0) is 0 Å². The molecule has 0 bridgehead atoms. The number of unbranched alkanes of at least 4 members (excludes halogenated alkanes) is 4. The zero-order valence-electron chi connectivity index (χ0n) is 15.9. The second-order valence-corrected chi connectivity index (χ2v) is 7.52. The Bertz CT molecular complexity index is 861. The zero-order valence-corrected chi connectivity index (χ0v) is 16.8. The van der Waals surface area contributed by atoms with Gasteiger partial charge in [0.15, 0.2) is 0 Å². The lowest BCUT2D eigenvalue weighted by Gasteiger charge is -2.06. The van der Waals surface area contributed by atoms with Gasteiger partial charge in [-0.3, -0.25) is 0 Å². The van der Waals surface area contributed by atoms with Crippen molar-refractivity contribution in [3.63, 3.8) is 0 Å². The third kappa shape index (κ3) is 5.26. The minimum atomic E-state index is 0.276. The van der Waals surface area contributed by atoms with Crippen LogP contribution in [-0.4, -0.2) is 21.6 Å². The van der Waals surface area contributed by atoms with E-state index in [4.69, 9.17) is 15.5 Å². The van der Waals surface area contributed by atoms with Crippen molar-refractivity contribution in [1.29, 1.82) is 0 Å². The predicted molar refractivity (Wildman–Crippen MR) is 112 cm³/mol. The molecule has 0 atom stereocenters. The summed E-state index contributed by atoms with van der Waals surface area (Å²) in [4.78, 5) is 14.0. The maximum Gasteiger partial charge on any atom is 0.220 e. The maximum absolute atomic E-state index is 5.84. The average molecular weight is 383 g/mol. The number of ether oxygens (including phenoxy) is 1. The van der Waals surface area contributed by atoms with E-state index in [1.807, 2.05) is 25.1 Å². The molecule has 5 nitrogen and oxygen atoms in total. The number of nitrogens with zero attached hydrogens (tertiary/aromatic N) is 3. The van der Waals surface area contributed by atoms with Gasteiger partial charge in [0.05, 0.1) is 22.9 Å². The van der Waals surface area contributed by atoms with Crippen molar-refractivity contribution in [1.82, 2.24) is 15.0 Å². The predicted octanol–water partition coefficient (Wildman–Crippen LogP) is 5.51. The third-order valence-corrected chi connectivity index (χ3v) is 5.55. The number of thiazole rings is 1. The van der Waals surface area contributed by atoms with E-state index in [0.717, 1.165) is 45.6 Å². The molecule has 0 saturated heterocycles. The van der Waals surface area contributed by atoms with Crippen LogP contribution in [0.1, 0.15) is 44.7 Å². The minimum absolute atomic E-state index is 0.276. The van der Waals surface area contributed by atoms with E-state index >= 15 is 0 Å². The van der Waals surface area contributed by atoms with Crippen molar-refractivity contribution in [2.45, 2.75) is 46.0 Å². The van der Waals surface area contributed by atoms with E-state index < -0.39 is 0 Å². The van der Waals surface area contributed by atoms with Crippen LogP contribution >= 0.6 is 11.3 Å². The molecule has 0 spiro atoms. The van der Waals surface area contributed by atoms with Crippen LogP contribution in [0.4, 0.5) is 5.95 Å². The summed E-state index contributed by atoms with van der Waals surface area (Å²) in [6, 6.07) is 10.0. The van der Waals surface area contributed by atoms with E-state index in [1.165, 1.54) is 25.7 Å². The van der Waals surface area contributed by atoms with Crippen LogP contribution in [0.2, 0.25) is 0 Å². The molecule has 0 aliphatic carbocycles.